The van der Waals surface area contributed by atoms with E-state index >= 15 is 0 Å². The van der Waals surface area contributed by atoms with Crippen molar-refractivity contribution in [2.24, 2.45) is 16.3 Å². The zero-order chi connectivity index (χ0) is 14.4. The van der Waals surface area contributed by atoms with Crippen LogP contribution in [-0.4, -0.2) is 36.8 Å². The summed E-state index contributed by atoms with van der Waals surface area (Å²) in [5.74, 6) is 1.74. The van der Waals surface area contributed by atoms with Gasteiger partial charge in [-0.15, -0.1) is 0 Å². The van der Waals surface area contributed by atoms with Crippen molar-refractivity contribution in [3.8, 4) is 0 Å². The molecule has 4 heteroatoms. The molecule has 116 valence electrons. The molecule has 0 aromatic carbocycles. The molecule has 20 heavy (non-hydrogen) atoms. The van der Waals surface area contributed by atoms with Crippen LogP contribution >= 0.6 is 0 Å². The van der Waals surface area contributed by atoms with Crippen LogP contribution < -0.4 is 10.6 Å². The number of aliphatic hydroxyl groups excluding tert-OH is 1. The van der Waals surface area contributed by atoms with Crippen LogP contribution in [0.3, 0.4) is 0 Å². The van der Waals surface area contributed by atoms with E-state index in [0.29, 0.717) is 6.54 Å². The second-order valence-electron chi connectivity index (χ2n) is 6.79. The third-order valence-electron chi connectivity index (χ3n) is 5.01. The van der Waals surface area contributed by atoms with E-state index in [1.807, 2.05) is 0 Å². The van der Waals surface area contributed by atoms with Crippen LogP contribution in [0.15, 0.2) is 4.99 Å². The summed E-state index contributed by atoms with van der Waals surface area (Å²) in [4.78, 5) is 4.72. The molecule has 0 radical (unpaired) electrons. The summed E-state index contributed by atoms with van der Waals surface area (Å²) in [5, 5.41) is 17.0. The minimum atomic E-state index is -0.200. The van der Waals surface area contributed by atoms with Gasteiger partial charge >= 0.3 is 0 Å². The Labute approximate surface area is 123 Å². The van der Waals surface area contributed by atoms with Crippen LogP contribution in [-0.2, 0) is 0 Å². The average molecular weight is 281 g/mol. The Kier molecular flexibility index (Phi) is 5.70. The highest BCUT2D eigenvalue weighted by atomic mass is 16.3. The van der Waals surface area contributed by atoms with Crippen LogP contribution in [0, 0.1) is 11.3 Å². The highest BCUT2D eigenvalue weighted by Crippen LogP contribution is 2.36. The SMILES string of the molecule is CCNC(=NCC1(C)CCCCC1O)NCC1CCC1. The average Bonchev–Trinajstić information content (AvgIpc) is 2.38. The van der Waals surface area contributed by atoms with Gasteiger partial charge in [-0.05, 0) is 38.5 Å². The smallest absolute Gasteiger partial charge is 0.191 e. The number of nitrogens with one attached hydrogen (secondary N) is 2. The lowest BCUT2D eigenvalue weighted by molar-refractivity contribution is 0.00716. The van der Waals surface area contributed by atoms with E-state index in [-0.39, 0.29) is 11.5 Å². The van der Waals surface area contributed by atoms with Crippen molar-refractivity contribution < 1.29 is 5.11 Å². The van der Waals surface area contributed by atoms with Crippen LogP contribution in [0.2, 0.25) is 0 Å². The quantitative estimate of drug-likeness (QED) is 0.535. The van der Waals surface area contributed by atoms with Gasteiger partial charge in [-0.25, -0.2) is 0 Å². The predicted molar refractivity (Wildman–Crippen MR) is 83.9 cm³/mol. The zero-order valence-electron chi connectivity index (χ0n) is 13.1. The number of aliphatic imine (C=N–C) groups is 1. The molecule has 2 aliphatic rings. The third-order valence-corrected chi connectivity index (χ3v) is 5.01. The Balaban J connectivity index is 1.86. The summed E-state index contributed by atoms with van der Waals surface area (Å²) in [6.07, 6.45) is 8.26. The van der Waals surface area contributed by atoms with Gasteiger partial charge in [0.05, 0.1) is 12.6 Å². The first-order chi connectivity index (χ1) is 9.64. The van der Waals surface area contributed by atoms with E-state index in [9.17, 15) is 5.11 Å². The molecule has 0 bridgehead atoms. The monoisotopic (exact) mass is 281 g/mol. The fraction of sp³-hybridized carbons (Fsp3) is 0.938. The van der Waals surface area contributed by atoms with E-state index < -0.39 is 0 Å². The number of hydrogen-bond acceptors (Lipinski definition) is 2. The number of hydrogen-bond donors (Lipinski definition) is 3. The second kappa shape index (κ2) is 7.30. The summed E-state index contributed by atoms with van der Waals surface area (Å²) in [6.45, 7) is 6.91. The summed E-state index contributed by atoms with van der Waals surface area (Å²) in [5.41, 5.74) is -0.0446. The minimum Gasteiger partial charge on any atom is -0.392 e. The van der Waals surface area contributed by atoms with Gasteiger partial charge in [0.1, 0.15) is 0 Å². The fourth-order valence-corrected chi connectivity index (χ4v) is 3.11. The molecule has 0 amide bonds. The first-order valence-corrected chi connectivity index (χ1v) is 8.34. The summed E-state index contributed by atoms with van der Waals surface area (Å²) >= 11 is 0. The lowest BCUT2D eigenvalue weighted by Crippen LogP contribution is -2.43. The Hall–Kier alpha value is -0.770. The van der Waals surface area contributed by atoms with Gasteiger partial charge in [-0.2, -0.15) is 0 Å². The van der Waals surface area contributed by atoms with Crippen molar-refractivity contribution in [2.75, 3.05) is 19.6 Å². The Morgan fingerprint density at radius 1 is 1.20 bits per heavy atom. The molecule has 2 fully saturated rings. The number of nitrogens with zero attached hydrogens (tertiary/aromatic N) is 1. The van der Waals surface area contributed by atoms with E-state index in [1.165, 1.54) is 25.7 Å². The highest BCUT2D eigenvalue weighted by molar-refractivity contribution is 5.79. The summed E-state index contributed by atoms with van der Waals surface area (Å²) in [6, 6.07) is 0. The van der Waals surface area contributed by atoms with E-state index in [4.69, 9.17) is 4.99 Å². The van der Waals surface area contributed by atoms with Crippen molar-refractivity contribution in [1.82, 2.24) is 10.6 Å². The van der Waals surface area contributed by atoms with E-state index in [1.54, 1.807) is 0 Å². The third kappa shape index (κ3) is 4.11. The summed E-state index contributed by atoms with van der Waals surface area (Å²) in [7, 11) is 0. The molecule has 0 spiro atoms. The molecule has 2 rings (SSSR count). The molecule has 0 aliphatic heterocycles. The minimum absolute atomic E-state index is 0.0446. The Morgan fingerprint density at radius 2 is 2.00 bits per heavy atom. The lowest BCUT2D eigenvalue weighted by atomic mass is 9.73. The largest absolute Gasteiger partial charge is 0.392 e. The van der Waals surface area contributed by atoms with Gasteiger partial charge in [-0.3, -0.25) is 4.99 Å². The molecule has 0 saturated heterocycles. The predicted octanol–water partition coefficient (Wildman–Crippen LogP) is 2.28. The van der Waals surface area contributed by atoms with Gasteiger partial charge < -0.3 is 15.7 Å². The van der Waals surface area contributed by atoms with E-state index in [0.717, 1.165) is 44.2 Å². The molecule has 2 unspecified atom stereocenters. The Morgan fingerprint density at radius 3 is 2.60 bits per heavy atom. The Bertz CT molecular complexity index is 328. The lowest BCUT2D eigenvalue weighted by Gasteiger charge is -2.37. The molecule has 2 saturated carbocycles. The van der Waals surface area contributed by atoms with Crippen LogP contribution in [0.25, 0.3) is 0 Å². The normalized spacial score (nSPS) is 31.8. The standard InChI is InChI=1S/C16H31N3O/c1-3-17-15(18-11-13-7-6-8-13)19-12-16(2)10-5-4-9-14(16)20/h13-14,20H,3-12H2,1-2H3,(H2,17,18,19). The van der Waals surface area contributed by atoms with Crippen molar-refractivity contribution in [3.05, 3.63) is 0 Å². The maximum atomic E-state index is 10.2. The maximum absolute atomic E-state index is 10.2. The zero-order valence-corrected chi connectivity index (χ0v) is 13.1. The van der Waals surface area contributed by atoms with Crippen LogP contribution in [0.4, 0.5) is 0 Å². The van der Waals surface area contributed by atoms with Gasteiger partial charge in [0.15, 0.2) is 5.96 Å². The summed E-state index contributed by atoms with van der Waals surface area (Å²) < 4.78 is 0. The number of guanidine groups is 1. The number of rotatable bonds is 5. The molecule has 3 N–H and O–H groups in total. The second-order valence-corrected chi connectivity index (χ2v) is 6.79. The molecule has 2 atom stereocenters. The fourth-order valence-electron chi connectivity index (χ4n) is 3.11. The topological polar surface area (TPSA) is 56.7 Å². The van der Waals surface area contributed by atoms with Crippen LogP contribution in [0.5, 0.6) is 0 Å². The first kappa shape index (κ1) is 15.6. The molecule has 0 aromatic rings. The maximum Gasteiger partial charge on any atom is 0.191 e. The van der Waals surface area contributed by atoms with Crippen molar-refractivity contribution >= 4 is 5.96 Å². The van der Waals surface area contributed by atoms with Crippen molar-refractivity contribution in [1.29, 1.82) is 0 Å². The molecule has 0 heterocycles. The molecular formula is C16H31N3O. The van der Waals surface area contributed by atoms with Crippen molar-refractivity contribution in [3.63, 3.8) is 0 Å². The first-order valence-electron chi connectivity index (χ1n) is 8.34. The number of aliphatic hydroxyl groups is 1. The van der Waals surface area contributed by atoms with Gasteiger partial charge in [0, 0.05) is 18.5 Å². The van der Waals surface area contributed by atoms with Crippen LogP contribution in [0.1, 0.15) is 58.8 Å². The molecule has 4 nitrogen and oxygen atoms in total. The van der Waals surface area contributed by atoms with Gasteiger partial charge in [0.2, 0.25) is 0 Å². The van der Waals surface area contributed by atoms with Gasteiger partial charge in [-0.1, -0.05) is 26.2 Å². The van der Waals surface area contributed by atoms with Gasteiger partial charge in [0.25, 0.3) is 0 Å². The molecular weight excluding hydrogens is 250 g/mol. The van der Waals surface area contributed by atoms with Crippen molar-refractivity contribution in [2.45, 2.75) is 64.9 Å². The van der Waals surface area contributed by atoms with E-state index in [2.05, 4.69) is 24.5 Å². The highest BCUT2D eigenvalue weighted by Gasteiger charge is 2.35. The molecule has 2 aliphatic carbocycles. The molecule has 0 aromatic heterocycles.